The first-order valence-corrected chi connectivity index (χ1v) is 18.5. The van der Waals surface area contributed by atoms with E-state index in [4.69, 9.17) is 15.0 Å². The van der Waals surface area contributed by atoms with E-state index in [9.17, 15) is 0 Å². The molecule has 5 heterocycles. The molecule has 0 radical (unpaired) electrons. The standard InChI is InChI=1S/C46H24N6S/c1-3-7-27(8-4-1)44-48-45(28-9-5-2-6-10-28)50-46(49-44)52-32-18-15-29(23-30(32)31-24-47-22-21-33(31)52)51-34-16-11-25-13-19-36-42-38(25)40(34)41-35(51)17-12-26-14-20-37(53-36)43(42)39(26)41/h1-24H. The summed E-state index contributed by atoms with van der Waals surface area (Å²) in [4.78, 5) is 19.8. The predicted octanol–water partition coefficient (Wildman–Crippen LogP) is 11.8. The average molecular weight is 693 g/mol. The Morgan fingerprint density at radius 3 is 1.62 bits per heavy atom. The van der Waals surface area contributed by atoms with Crippen LogP contribution in [0.25, 0.3) is 120 Å². The van der Waals surface area contributed by atoms with Gasteiger partial charge < -0.3 is 4.57 Å². The Morgan fingerprint density at radius 2 is 1.00 bits per heavy atom. The summed E-state index contributed by atoms with van der Waals surface area (Å²) in [5, 5.41) is 13.0. The summed E-state index contributed by atoms with van der Waals surface area (Å²) in [7, 11) is 0. The highest BCUT2D eigenvalue weighted by Gasteiger charge is 2.26. The molecular formula is C46H24N6S. The maximum Gasteiger partial charge on any atom is 0.238 e. The maximum atomic E-state index is 5.11. The van der Waals surface area contributed by atoms with Crippen LogP contribution < -0.4 is 0 Å². The zero-order valence-electron chi connectivity index (χ0n) is 27.9. The minimum absolute atomic E-state index is 0.566. The number of thiophene rings is 1. The highest BCUT2D eigenvalue weighted by molar-refractivity contribution is 7.26. The van der Waals surface area contributed by atoms with Crippen molar-refractivity contribution in [2.75, 3.05) is 0 Å². The van der Waals surface area contributed by atoms with Crippen LogP contribution in [0.4, 0.5) is 0 Å². The zero-order chi connectivity index (χ0) is 34.4. The third-order valence-corrected chi connectivity index (χ3v) is 12.3. The monoisotopic (exact) mass is 692 g/mol. The fraction of sp³-hybridized carbons (Fsp3) is 0. The number of rotatable bonds is 4. The van der Waals surface area contributed by atoms with Gasteiger partial charge in [-0.1, -0.05) is 84.9 Å². The van der Waals surface area contributed by atoms with Crippen molar-refractivity contribution in [3.05, 3.63) is 146 Å². The molecule has 0 fully saturated rings. The predicted molar refractivity (Wildman–Crippen MR) is 219 cm³/mol. The van der Waals surface area contributed by atoms with E-state index in [1.165, 1.54) is 63.5 Å². The van der Waals surface area contributed by atoms with E-state index in [0.29, 0.717) is 17.6 Å². The Morgan fingerprint density at radius 1 is 0.434 bits per heavy atom. The quantitative estimate of drug-likeness (QED) is 0.136. The van der Waals surface area contributed by atoms with Crippen molar-refractivity contribution in [2.24, 2.45) is 0 Å². The molecule has 0 unspecified atom stereocenters. The molecule has 0 amide bonds. The number of nitrogens with zero attached hydrogens (tertiary/aromatic N) is 6. The maximum absolute atomic E-state index is 5.11. The highest BCUT2D eigenvalue weighted by Crippen LogP contribution is 2.52. The lowest BCUT2D eigenvalue weighted by Crippen LogP contribution is -2.06. The second kappa shape index (κ2) is 9.88. The Hall–Kier alpha value is -6.96. The van der Waals surface area contributed by atoms with Crippen molar-refractivity contribution in [3.63, 3.8) is 0 Å². The summed E-state index contributed by atoms with van der Waals surface area (Å²) in [6, 6.07) is 47.5. The van der Waals surface area contributed by atoms with Crippen LogP contribution in [0.1, 0.15) is 0 Å². The zero-order valence-corrected chi connectivity index (χ0v) is 28.8. The first kappa shape index (κ1) is 27.7. The Bertz CT molecular complexity index is 3390. The number of pyridine rings is 1. The van der Waals surface area contributed by atoms with E-state index >= 15 is 0 Å². The summed E-state index contributed by atoms with van der Waals surface area (Å²) < 4.78 is 7.32. The van der Waals surface area contributed by atoms with Crippen LogP contribution in [0, 0.1) is 0 Å². The van der Waals surface area contributed by atoms with Crippen LogP contribution in [-0.2, 0) is 0 Å². The number of fused-ring (bicyclic) bond motifs is 3. The minimum Gasteiger partial charge on any atom is -0.309 e. The number of hydrogen-bond donors (Lipinski definition) is 0. The smallest absolute Gasteiger partial charge is 0.238 e. The lowest BCUT2D eigenvalue weighted by Gasteiger charge is -2.12. The normalized spacial score (nSPS) is 12.5. The third kappa shape index (κ3) is 3.56. The molecule has 0 bridgehead atoms. The fourth-order valence-corrected chi connectivity index (χ4v) is 10.1. The lowest BCUT2D eigenvalue weighted by atomic mass is 9.90. The SMILES string of the molecule is c1ccc(-c2nc(-c3ccccc3)nc(-n3c4ccncc4c4cc(-n5c6ccc7ccc8sc9ccc%10ccc5c5c%10c9c8c7c56)ccc43)n2)cc1. The molecule has 244 valence electrons. The highest BCUT2D eigenvalue weighted by atomic mass is 32.1. The number of aromatic nitrogens is 6. The van der Waals surface area contributed by atoms with Gasteiger partial charge in [-0.3, -0.25) is 9.55 Å². The molecule has 0 aliphatic rings. The summed E-state index contributed by atoms with van der Waals surface area (Å²) in [5.41, 5.74) is 7.42. The second-order valence-corrected chi connectivity index (χ2v) is 15.0. The molecular weight excluding hydrogens is 669 g/mol. The lowest BCUT2D eigenvalue weighted by molar-refractivity contribution is 0.953. The van der Waals surface area contributed by atoms with E-state index in [-0.39, 0.29) is 0 Å². The first-order chi connectivity index (χ1) is 26.3. The van der Waals surface area contributed by atoms with E-state index in [2.05, 4.69) is 86.9 Å². The molecule has 0 aliphatic carbocycles. The molecule has 7 heteroatoms. The van der Waals surface area contributed by atoms with Gasteiger partial charge in [0.15, 0.2) is 11.6 Å². The van der Waals surface area contributed by atoms with E-state index in [1.54, 1.807) is 0 Å². The molecule has 0 spiro atoms. The van der Waals surface area contributed by atoms with Gasteiger partial charge in [-0.05, 0) is 59.3 Å². The van der Waals surface area contributed by atoms with Gasteiger partial charge in [0.2, 0.25) is 5.95 Å². The molecule has 0 saturated carbocycles. The third-order valence-electron chi connectivity index (χ3n) is 11.2. The minimum atomic E-state index is 0.566. The Labute approximate surface area is 304 Å². The molecule has 13 aromatic rings. The average Bonchev–Trinajstić information content (AvgIpc) is 3.89. The van der Waals surface area contributed by atoms with Crippen molar-refractivity contribution < 1.29 is 0 Å². The molecule has 6 nitrogen and oxygen atoms in total. The van der Waals surface area contributed by atoms with Crippen LogP contribution in [0.3, 0.4) is 0 Å². The second-order valence-electron chi connectivity index (χ2n) is 13.9. The van der Waals surface area contributed by atoms with Crippen molar-refractivity contribution >= 4 is 96.7 Å². The van der Waals surface area contributed by atoms with Crippen molar-refractivity contribution in [1.29, 1.82) is 0 Å². The molecule has 53 heavy (non-hydrogen) atoms. The fourth-order valence-electron chi connectivity index (χ4n) is 8.95. The number of benzene rings is 8. The van der Waals surface area contributed by atoms with Crippen molar-refractivity contribution in [1.82, 2.24) is 29.1 Å². The van der Waals surface area contributed by atoms with E-state index < -0.39 is 0 Å². The van der Waals surface area contributed by atoms with Crippen LogP contribution >= 0.6 is 11.3 Å². The Balaban J connectivity index is 1.10. The van der Waals surface area contributed by atoms with Crippen molar-refractivity contribution in [2.45, 2.75) is 0 Å². The van der Waals surface area contributed by atoms with Gasteiger partial charge >= 0.3 is 0 Å². The summed E-state index contributed by atoms with van der Waals surface area (Å²) >= 11 is 1.91. The largest absolute Gasteiger partial charge is 0.309 e. The van der Waals surface area contributed by atoms with Crippen LogP contribution in [0.15, 0.2) is 146 Å². The van der Waals surface area contributed by atoms with Gasteiger partial charge in [-0.15, -0.1) is 11.3 Å². The molecule has 5 aromatic heterocycles. The van der Waals surface area contributed by atoms with Gasteiger partial charge in [0, 0.05) is 81.7 Å². The van der Waals surface area contributed by atoms with E-state index in [1.807, 2.05) is 84.4 Å². The molecule has 8 aromatic carbocycles. The van der Waals surface area contributed by atoms with Crippen LogP contribution in [0.5, 0.6) is 0 Å². The molecule has 0 saturated heterocycles. The summed E-state index contributed by atoms with van der Waals surface area (Å²) in [5.74, 6) is 1.82. The van der Waals surface area contributed by atoms with Gasteiger partial charge in [-0.2, -0.15) is 9.97 Å². The number of hydrogen-bond acceptors (Lipinski definition) is 5. The molecule has 0 aliphatic heterocycles. The summed E-state index contributed by atoms with van der Waals surface area (Å²) in [6.07, 6.45) is 3.80. The van der Waals surface area contributed by atoms with Crippen LogP contribution in [0.2, 0.25) is 0 Å². The topological polar surface area (TPSA) is 61.4 Å². The van der Waals surface area contributed by atoms with E-state index in [0.717, 1.165) is 38.6 Å². The Kier molecular flexibility index (Phi) is 5.17. The molecule has 0 atom stereocenters. The summed E-state index contributed by atoms with van der Waals surface area (Å²) in [6.45, 7) is 0. The van der Waals surface area contributed by atoms with Gasteiger partial charge in [0.25, 0.3) is 0 Å². The molecule has 0 N–H and O–H groups in total. The molecule has 13 rings (SSSR count). The first-order valence-electron chi connectivity index (χ1n) is 17.7. The van der Waals surface area contributed by atoms with Gasteiger partial charge in [0.05, 0.1) is 22.1 Å². The van der Waals surface area contributed by atoms with Gasteiger partial charge in [0.1, 0.15) is 0 Å². The van der Waals surface area contributed by atoms with Gasteiger partial charge in [-0.25, -0.2) is 4.98 Å². The van der Waals surface area contributed by atoms with Crippen molar-refractivity contribution in [3.8, 4) is 34.4 Å². The van der Waals surface area contributed by atoms with Crippen LogP contribution in [-0.4, -0.2) is 29.1 Å².